The number of nitrogens with zero attached hydrogens (tertiary/aromatic N) is 1. The second kappa shape index (κ2) is 10.5. The predicted octanol–water partition coefficient (Wildman–Crippen LogP) is 4.08. The van der Waals surface area contributed by atoms with Crippen molar-refractivity contribution in [2.24, 2.45) is 5.92 Å². The summed E-state index contributed by atoms with van der Waals surface area (Å²) in [5.41, 5.74) is 2.71. The molecule has 33 heavy (non-hydrogen) atoms. The first-order chi connectivity index (χ1) is 15.2. The Morgan fingerprint density at radius 2 is 1.52 bits per heavy atom. The Labute approximate surface area is 197 Å². The second-order valence-electron chi connectivity index (χ2n) is 9.63. The van der Waals surface area contributed by atoms with Crippen molar-refractivity contribution >= 4 is 27.5 Å². The molecule has 1 atom stereocenters. The summed E-state index contributed by atoms with van der Waals surface area (Å²) in [6, 6.07) is 13.8. The van der Waals surface area contributed by atoms with Crippen molar-refractivity contribution in [3.05, 3.63) is 59.7 Å². The number of sulfonamides is 1. The molecule has 2 aromatic carbocycles. The molecule has 0 radical (unpaired) electrons. The summed E-state index contributed by atoms with van der Waals surface area (Å²) in [5, 5.41) is 5.58. The maximum atomic E-state index is 12.9. The molecule has 0 spiro atoms. The third kappa shape index (κ3) is 7.14. The molecule has 0 saturated heterocycles. The Kier molecular flexibility index (Phi) is 8.43. The first-order valence-electron chi connectivity index (χ1n) is 11.0. The third-order valence-electron chi connectivity index (χ3n) is 5.37. The highest BCUT2D eigenvalue weighted by atomic mass is 32.2. The van der Waals surface area contributed by atoms with E-state index in [2.05, 4.69) is 43.5 Å². The number of hydrogen-bond acceptors (Lipinski definition) is 4. The maximum Gasteiger partial charge on any atom is 0.243 e. The molecule has 2 amide bonds. The number of benzene rings is 2. The lowest BCUT2D eigenvalue weighted by atomic mass is 9.85. The van der Waals surface area contributed by atoms with E-state index in [0.29, 0.717) is 5.69 Å². The second-order valence-corrected chi connectivity index (χ2v) is 11.7. The Hall–Kier alpha value is -2.71. The minimum Gasteiger partial charge on any atom is -0.348 e. The third-order valence-corrected chi connectivity index (χ3v) is 7.19. The average molecular weight is 474 g/mol. The van der Waals surface area contributed by atoms with E-state index >= 15 is 0 Å². The van der Waals surface area contributed by atoms with Gasteiger partial charge in [0.1, 0.15) is 0 Å². The SMILES string of the molecule is CC(=O)Nc1ccc(S(=O)(=O)N(C)CC(=O)N[C@H](c2ccc(C(C)(C)C)cc2)C(C)C)cc1. The van der Waals surface area contributed by atoms with E-state index in [1.54, 1.807) is 0 Å². The Bertz CT molecular complexity index is 1070. The van der Waals surface area contributed by atoms with Crippen molar-refractivity contribution in [1.29, 1.82) is 0 Å². The first kappa shape index (κ1) is 26.5. The molecule has 0 bridgehead atoms. The Balaban J connectivity index is 2.11. The molecule has 0 unspecified atom stereocenters. The molecule has 0 aromatic heterocycles. The van der Waals surface area contributed by atoms with Crippen LogP contribution in [0.2, 0.25) is 0 Å². The topological polar surface area (TPSA) is 95.6 Å². The van der Waals surface area contributed by atoms with E-state index in [-0.39, 0.29) is 40.6 Å². The van der Waals surface area contributed by atoms with E-state index < -0.39 is 10.0 Å². The lowest BCUT2D eigenvalue weighted by Crippen LogP contribution is -2.41. The number of nitrogens with one attached hydrogen (secondary N) is 2. The molecule has 2 rings (SSSR count). The molecule has 0 heterocycles. The molecule has 180 valence electrons. The monoisotopic (exact) mass is 473 g/mol. The van der Waals surface area contributed by atoms with Crippen LogP contribution in [0.5, 0.6) is 0 Å². The number of carbonyl (C=O) groups is 2. The van der Waals surface area contributed by atoms with Gasteiger partial charge in [0.2, 0.25) is 21.8 Å². The van der Waals surface area contributed by atoms with E-state index in [1.807, 2.05) is 26.0 Å². The highest BCUT2D eigenvalue weighted by molar-refractivity contribution is 7.89. The van der Waals surface area contributed by atoms with Crippen LogP contribution in [0, 0.1) is 5.92 Å². The van der Waals surface area contributed by atoms with Crippen LogP contribution in [0.4, 0.5) is 5.69 Å². The molecule has 0 aliphatic rings. The van der Waals surface area contributed by atoms with Gasteiger partial charge in [-0.2, -0.15) is 4.31 Å². The van der Waals surface area contributed by atoms with E-state index in [0.717, 1.165) is 9.87 Å². The van der Waals surface area contributed by atoms with Crippen LogP contribution in [-0.4, -0.2) is 38.1 Å². The first-order valence-corrected chi connectivity index (χ1v) is 12.4. The lowest BCUT2D eigenvalue weighted by molar-refractivity contribution is -0.122. The number of likely N-dealkylation sites (N-methyl/N-ethyl adjacent to an activating group) is 1. The van der Waals surface area contributed by atoms with Crippen LogP contribution in [0.25, 0.3) is 0 Å². The standard InChI is InChI=1S/C25H35N3O4S/c1-17(2)24(19-8-10-20(11-9-19)25(4,5)6)27-23(30)16-28(7)33(31,32)22-14-12-21(13-15-22)26-18(3)29/h8-15,17,24H,16H2,1-7H3,(H,26,29)(H,27,30)/t24-/m0/s1. The highest BCUT2D eigenvalue weighted by Gasteiger charge is 2.25. The molecule has 7 nitrogen and oxygen atoms in total. The molecule has 0 aliphatic heterocycles. The maximum absolute atomic E-state index is 12.9. The van der Waals surface area contributed by atoms with Crippen molar-refractivity contribution in [3.63, 3.8) is 0 Å². The van der Waals surface area contributed by atoms with Crippen LogP contribution in [0.1, 0.15) is 58.7 Å². The van der Waals surface area contributed by atoms with E-state index in [1.165, 1.54) is 43.8 Å². The molecule has 2 N–H and O–H groups in total. The zero-order chi connectivity index (χ0) is 25.0. The van der Waals surface area contributed by atoms with Crippen molar-refractivity contribution in [3.8, 4) is 0 Å². The van der Waals surface area contributed by atoms with Gasteiger partial charge in [0.25, 0.3) is 0 Å². The zero-order valence-electron chi connectivity index (χ0n) is 20.5. The predicted molar refractivity (Wildman–Crippen MR) is 131 cm³/mol. The summed E-state index contributed by atoms with van der Waals surface area (Å²) >= 11 is 0. The number of hydrogen-bond donors (Lipinski definition) is 2. The lowest BCUT2D eigenvalue weighted by Gasteiger charge is -2.26. The molecule has 2 aromatic rings. The molecular weight excluding hydrogens is 438 g/mol. The summed E-state index contributed by atoms with van der Waals surface area (Å²) in [5.74, 6) is -0.501. The number of amides is 2. The van der Waals surface area contributed by atoms with Crippen molar-refractivity contribution in [2.45, 2.75) is 57.9 Å². The summed E-state index contributed by atoms with van der Waals surface area (Å²) < 4.78 is 26.8. The van der Waals surface area contributed by atoms with Crippen LogP contribution >= 0.6 is 0 Å². The van der Waals surface area contributed by atoms with Crippen LogP contribution in [-0.2, 0) is 25.0 Å². The number of anilines is 1. The molecular formula is C25H35N3O4S. The van der Waals surface area contributed by atoms with Gasteiger partial charge in [0, 0.05) is 19.7 Å². The van der Waals surface area contributed by atoms with Gasteiger partial charge in [-0.1, -0.05) is 58.9 Å². The van der Waals surface area contributed by atoms with Crippen LogP contribution in [0.3, 0.4) is 0 Å². The van der Waals surface area contributed by atoms with Crippen molar-refractivity contribution < 1.29 is 18.0 Å². The van der Waals surface area contributed by atoms with Gasteiger partial charge < -0.3 is 10.6 Å². The van der Waals surface area contributed by atoms with E-state index in [4.69, 9.17) is 0 Å². The smallest absolute Gasteiger partial charge is 0.243 e. The summed E-state index contributed by atoms with van der Waals surface area (Å²) in [6.45, 7) is 11.5. The number of carbonyl (C=O) groups excluding carboxylic acids is 2. The largest absolute Gasteiger partial charge is 0.348 e. The van der Waals surface area contributed by atoms with Crippen LogP contribution in [0.15, 0.2) is 53.4 Å². The Morgan fingerprint density at radius 1 is 0.970 bits per heavy atom. The zero-order valence-corrected chi connectivity index (χ0v) is 21.3. The Morgan fingerprint density at radius 3 is 1.97 bits per heavy atom. The summed E-state index contributed by atoms with van der Waals surface area (Å²) in [6.07, 6.45) is 0. The average Bonchev–Trinajstić information content (AvgIpc) is 2.71. The van der Waals surface area contributed by atoms with E-state index in [9.17, 15) is 18.0 Å². The van der Waals surface area contributed by atoms with Gasteiger partial charge in [-0.05, 0) is 46.7 Å². The number of rotatable bonds is 8. The highest BCUT2D eigenvalue weighted by Crippen LogP contribution is 2.27. The van der Waals surface area contributed by atoms with Crippen molar-refractivity contribution in [1.82, 2.24) is 9.62 Å². The van der Waals surface area contributed by atoms with Gasteiger partial charge >= 0.3 is 0 Å². The molecule has 0 aliphatic carbocycles. The summed E-state index contributed by atoms with van der Waals surface area (Å²) in [7, 11) is -2.49. The normalized spacial score (nSPS) is 13.1. The van der Waals surface area contributed by atoms with Crippen LogP contribution < -0.4 is 10.6 Å². The van der Waals surface area contributed by atoms with Gasteiger partial charge in [-0.3, -0.25) is 9.59 Å². The van der Waals surface area contributed by atoms with Crippen molar-refractivity contribution in [2.75, 3.05) is 18.9 Å². The van der Waals surface area contributed by atoms with Gasteiger partial charge in [0.15, 0.2) is 0 Å². The molecule has 8 heteroatoms. The minimum atomic E-state index is -3.86. The van der Waals surface area contributed by atoms with Gasteiger partial charge in [0.05, 0.1) is 17.5 Å². The fourth-order valence-corrected chi connectivity index (χ4v) is 4.55. The quantitative estimate of drug-likeness (QED) is 0.604. The van der Waals surface area contributed by atoms with Gasteiger partial charge in [-0.15, -0.1) is 0 Å². The summed E-state index contributed by atoms with van der Waals surface area (Å²) in [4.78, 5) is 23.9. The fourth-order valence-electron chi connectivity index (χ4n) is 3.43. The minimum absolute atomic E-state index is 0.0342. The molecule has 0 saturated carbocycles. The van der Waals surface area contributed by atoms with Gasteiger partial charge in [-0.25, -0.2) is 8.42 Å². The molecule has 0 fully saturated rings. The fraction of sp³-hybridized carbons (Fsp3) is 0.440.